The normalized spacial score (nSPS) is 25.2. The third kappa shape index (κ3) is 1.92. The second-order valence-electron chi connectivity index (χ2n) is 4.21. The summed E-state index contributed by atoms with van der Waals surface area (Å²) in [6.45, 7) is 0. The van der Waals surface area contributed by atoms with Gasteiger partial charge in [0.1, 0.15) is 5.52 Å². The molecule has 5 heteroatoms. The molecule has 2 aromatic rings. The van der Waals surface area contributed by atoms with Crippen molar-refractivity contribution in [2.75, 3.05) is 7.11 Å². The van der Waals surface area contributed by atoms with Crippen LogP contribution < -0.4 is 0 Å². The first-order valence-corrected chi connectivity index (χ1v) is 5.86. The molecule has 0 amide bonds. The first kappa shape index (κ1) is 10.7. The van der Waals surface area contributed by atoms with Crippen LogP contribution in [-0.4, -0.2) is 28.4 Å². The summed E-state index contributed by atoms with van der Waals surface area (Å²) < 4.78 is 12.9. The van der Waals surface area contributed by atoms with Crippen LogP contribution >= 0.6 is 0 Å². The Hall–Kier alpha value is -1.46. The second-order valence-corrected chi connectivity index (χ2v) is 4.21. The molecule has 3 rings (SSSR count). The molecule has 1 aromatic heterocycles. The maximum absolute atomic E-state index is 5.83. The summed E-state index contributed by atoms with van der Waals surface area (Å²) in [4.78, 5) is 0. The lowest BCUT2D eigenvalue weighted by molar-refractivity contribution is -0.204. The van der Waals surface area contributed by atoms with E-state index in [1.165, 1.54) is 0 Å². The first-order valence-electron chi connectivity index (χ1n) is 5.86. The first-order chi connectivity index (χ1) is 8.38. The fourth-order valence-corrected chi connectivity index (χ4v) is 2.22. The Bertz CT molecular complexity index is 511. The molecule has 0 radical (unpaired) electrons. The van der Waals surface area contributed by atoms with Gasteiger partial charge in [0.05, 0.1) is 5.52 Å². The summed E-state index contributed by atoms with van der Waals surface area (Å²) >= 11 is 0. The number of aromatic nitrogens is 3. The molecular formula is C12H15N3O2. The Kier molecular flexibility index (Phi) is 2.78. The summed E-state index contributed by atoms with van der Waals surface area (Å²) in [5.41, 5.74) is 1.91. The predicted octanol–water partition coefficient (Wildman–Crippen LogP) is 2.10. The van der Waals surface area contributed by atoms with Crippen molar-refractivity contribution in [1.82, 2.24) is 15.0 Å². The van der Waals surface area contributed by atoms with E-state index in [4.69, 9.17) is 9.47 Å². The lowest BCUT2D eigenvalue weighted by Crippen LogP contribution is -2.27. The van der Waals surface area contributed by atoms with E-state index < -0.39 is 0 Å². The molecule has 2 heterocycles. The van der Waals surface area contributed by atoms with Gasteiger partial charge in [0.15, 0.2) is 12.5 Å². The summed E-state index contributed by atoms with van der Waals surface area (Å²) in [5, 5.41) is 8.31. The highest BCUT2D eigenvalue weighted by Gasteiger charge is 2.25. The minimum atomic E-state index is -0.128. The Labute approximate surface area is 99.3 Å². The zero-order chi connectivity index (χ0) is 11.7. The molecule has 1 saturated heterocycles. The highest BCUT2D eigenvalue weighted by molar-refractivity contribution is 5.73. The molecule has 2 atom stereocenters. The van der Waals surface area contributed by atoms with Crippen LogP contribution in [0.15, 0.2) is 24.3 Å². The molecule has 90 valence electrons. The van der Waals surface area contributed by atoms with Crippen molar-refractivity contribution in [3.05, 3.63) is 24.3 Å². The van der Waals surface area contributed by atoms with E-state index >= 15 is 0 Å². The van der Waals surface area contributed by atoms with Gasteiger partial charge in [-0.3, -0.25) is 0 Å². The Morgan fingerprint density at radius 1 is 1.35 bits per heavy atom. The maximum Gasteiger partial charge on any atom is 0.159 e. The Morgan fingerprint density at radius 3 is 3.12 bits per heavy atom. The van der Waals surface area contributed by atoms with Crippen molar-refractivity contribution in [3.63, 3.8) is 0 Å². The average Bonchev–Trinajstić information content (AvgIpc) is 2.82. The summed E-state index contributed by atoms with van der Waals surface area (Å²) in [6, 6.07) is 7.91. The van der Waals surface area contributed by atoms with Crippen LogP contribution in [-0.2, 0) is 9.47 Å². The zero-order valence-electron chi connectivity index (χ0n) is 9.74. The van der Waals surface area contributed by atoms with Gasteiger partial charge in [-0.05, 0) is 31.4 Å². The third-order valence-electron chi connectivity index (χ3n) is 3.11. The largest absolute Gasteiger partial charge is 0.356 e. The van der Waals surface area contributed by atoms with E-state index in [0.717, 1.165) is 30.3 Å². The lowest BCUT2D eigenvalue weighted by Gasteiger charge is -2.28. The molecule has 0 bridgehead atoms. The molecule has 0 saturated carbocycles. The van der Waals surface area contributed by atoms with Crippen molar-refractivity contribution < 1.29 is 9.47 Å². The van der Waals surface area contributed by atoms with Crippen molar-refractivity contribution in [3.8, 4) is 0 Å². The number of hydrogen-bond acceptors (Lipinski definition) is 4. The van der Waals surface area contributed by atoms with Crippen molar-refractivity contribution in [2.45, 2.75) is 31.8 Å². The second kappa shape index (κ2) is 4.43. The van der Waals surface area contributed by atoms with E-state index in [9.17, 15) is 0 Å². The molecule has 17 heavy (non-hydrogen) atoms. The van der Waals surface area contributed by atoms with Gasteiger partial charge in [-0.15, -0.1) is 5.10 Å². The van der Waals surface area contributed by atoms with Crippen molar-refractivity contribution >= 4 is 11.0 Å². The zero-order valence-corrected chi connectivity index (χ0v) is 9.74. The van der Waals surface area contributed by atoms with Crippen LogP contribution in [0.3, 0.4) is 0 Å². The fourth-order valence-electron chi connectivity index (χ4n) is 2.22. The fraction of sp³-hybridized carbons (Fsp3) is 0.500. The van der Waals surface area contributed by atoms with E-state index in [-0.39, 0.29) is 12.5 Å². The number of fused-ring (bicyclic) bond motifs is 1. The van der Waals surface area contributed by atoms with Crippen LogP contribution in [0, 0.1) is 0 Å². The van der Waals surface area contributed by atoms with Gasteiger partial charge >= 0.3 is 0 Å². The molecule has 0 unspecified atom stereocenters. The smallest absolute Gasteiger partial charge is 0.159 e. The van der Waals surface area contributed by atoms with Gasteiger partial charge in [-0.2, -0.15) is 0 Å². The van der Waals surface area contributed by atoms with E-state index in [1.807, 2.05) is 28.9 Å². The number of nitrogens with zero attached hydrogens (tertiary/aromatic N) is 3. The third-order valence-corrected chi connectivity index (χ3v) is 3.11. The van der Waals surface area contributed by atoms with Gasteiger partial charge in [-0.25, -0.2) is 4.68 Å². The van der Waals surface area contributed by atoms with Gasteiger partial charge in [0, 0.05) is 7.11 Å². The molecule has 1 aliphatic rings. The molecule has 0 spiro atoms. The summed E-state index contributed by atoms with van der Waals surface area (Å²) in [5.74, 6) is 0. The summed E-state index contributed by atoms with van der Waals surface area (Å²) in [7, 11) is 1.67. The minimum Gasteiger partial charge on any atom is -0.356 e. The van der Waals surface area contributed by atoms with E-state index in [1.54, 1.807) is 7.11 Å². The standard InChI is InChI=1S/C12H15N3O2/c1-16-12-8-4-7-11(17-12)15-10-6-3-2-5-9(10)13-14-15/h2-3,5-6,11-12H,4,7-8H2,1H3/t11-,12-/m1/s1. The topological polar surface area (TPSA) is 49.2 Å². The van der Waals surface area contributed by atoms with E-state index in [0.29, 0.717) is 0 Å². The van der Waals surface area contributed by atoms with Crippen molar-refractivity contribution in [2.24, 2.45) is 0 Å². The molecule has 1 aromatic carbocycles. The number of benzene rings is 1. The highest BCUT2D eigenvalue weighted by atomic mass is 16.7. The quantitative estimate of drug-likeness (QED) is 0.797. The summed E-state index contributed by atoms with van der Waals surface area (Å²) in [6.07, 6.45) is 2.78. The van der Waals surface area contributed by atoms with Crippen molar-refractivity contribution in [1.29, 1.82) is 0 Å². The number of rotatable bonds is 2. The van der Waals surface area contributed by atoms with Gasteiger partial charge in [-0.1, -0.05) is 17.3 Å². The number of ether oxygens (including phenoxy) is 2. The molecular weight excluding hydrogens is 218 g/mol. The molecule has 0 aliphatic carbocycles. The van der Waals surface area contributed by atoms with Gasteiger partial charge in [0.25, 0.3) is 0 Å². The number of hydrogen-bond donors (Lipinski definition) is 0. The molecule has 1 fully saturated rings. The van der Waals surface area contributed by atoms with Gasteiger partial charge < -0.3 is 9.47 Å². The minimum absolute atomic E-state index is 0.0684. The number of para-hydroxylation sites is 1. The predicted molar refractivity (Wildman–Crippen MR) is 62.3 cm³/mol. The molecule has 5 nitrogen and oxygen atoms in total. The molecule has 0 N–H and O–H groups in total. The van der Waals surface area contributed by atoms with E-state index in [2.05, 4.69) is 10.3 Å². The van der Waals surface area contributed by atoms with Gasteiger partial charge in [0.2, 0.25) is 0 Å². The van der Waals surface area contributed by atoms with Crippen LogP contribution in [0.5, 0.6) is 0 Å². The maximum atomic E-state index is 5.83. The Morgan fingerprint density at radius 2 is 2.24 bits per heavy atom. The highest BCUT2D eigenvalue weighted by Crippen LogP contribution is 2.28. The van der Waals surface area contributed by atoms with Crippen LogP contribution in [0.2, 0.25) is 0 Å². The average molecular weight is 233 g/mol. The van der Waals surface area contributed by atoms with Crippen LogP contribution in [0.1, 0.15) is 25.5 Å². The SMILES string of the molecule is CO[C@H]1CCC[C@H](n2nnc3ccccc32)O1. The van der Waals surface area contributed by atoms with Crippen LogP contribution in [0.4, 0.5) is 0 Å². The number of methoxy groups -OCH3 is 1. The molecule has 1 aliphatic heterocycles. The van der Waals surface area contributed by atoms with Crippen LogP contribution in [0.25, 0.3) is 11.0 Å². The monoisotopic (exact) mass is 233 g/mol. The lowest BCUT2D eigenvalue weighted by atomic mass is 10.1. The Balaban J connectivity index is 1.92.